The summed E-state index contributed by atoms with van der Waals surface area (Å²) in [4.78, 5) is 14.8. The molecule has 1 aliphatic rings. The number of furan rings is 1. The summed E-state index contributed by atoms with van der Waals surface area (Å²) in [5, 5.41) is 3.11. The number of nitrogens with one attached hydrogen (secondary N) is 1. The molecule has 1 unspecified atom stereocenters. The van der Waals surface area contributed by atoms with E-state index in [1.165, 1.54) is 5.56 Å². The molecular formula is C18H21BrN2O2. The minimum Gasteiger partial charge on any atom is -0.444 e. The van der Waals surface area contributed by atoms with Crippen LogP contribution in [0.25, 0.3) is 0 Å². The molecule has 3 rings (SSSR count). The number of likely N-dealkylation sites (tertiary alicyclic amines) is 1. The lowest BCUT2D eigenvalue weighted by molar-refractivity contribution is 0.0871. The van der Waals surface area contributed by atoms with E-state index in [4.69, 9.17) is 4.42 Å². The molecule has 0 spiro atoms. The van der Waals surface area contributed by atoms with E-state index in [-0.39, 0.29) is 11.9 Å². The van der Waals surface area contributed by atoms with Crippen LogP contribution in [0.2, 0.25) is 0 Å². The van der Waals surface area contributed by atoms with E-state index in [2.05, 4.69) is 50.4 Å². The highest BCUT2D eigenvalue weighted by atomic mass is 79.9. The Labute approximate surface area is 145 Å². The van der Waals surface area contributed by atoms with Crippen LogP contribution in [0.1, 0.15) is 34.5 Å². The number of carbonyl (C=O) groups is 1. The second-order valence-corrected chi connectivity index (χ2v) is 6.88. The lowest BCUT2D eigenvalue weighted by Crippen LogP contribution is -2.47. The lowest BCUT2D eigenvalue weighted by Gasteiger charge is -2.33. The van der Waals surface area contributed by atoms with Crippen LogP contribution in [-0.2, 0) is 6.54 Å². The average Bonchev–Trinajstić information content (AvgIpc) is 2.87. The van der Waals surface area contributed by atoms with Gasteiger partial charge in [-0.3, -0.25) is 9.69 Å². The molecule has 1 aliphatic heterocycles. The van der Waals surface area contributed by atoms with Crippen LogP contribution < -0.4 is 5.32 Å². The minimum absolute atomic E-state index is 0.125. The number of aryl methyl sites for hydroxylation is 1. The number of rotatable bonds is 4. The number of amides is 1. The number of hydrogen-bond acceptors (Lipinski definition) is 3. The van der Waals surface area contributed by atoms with Crippen LogP contribution in [-0.4, -0.2) is 29.9 Å². The highest BCUT2D eigenvalue weighted by molar-refractivity contribution is 9.10. The smallest absolute Gasteiger partial charge is 0.287 e. The van der Waals surface area contributed by atoms with Gasteiger partial charge in [-0.15, -0.1) is 0 Å². The Kier molecular flexibility index (Phi) is 5.18. The molecule has 1 saturated heterocycles. The molecule has 0 aliphatic carbocycles. The Bertz CT molecular complexity index is 669. The lowest BCUT2D eigenvalue weighted by atomic mass is 10.0. The van der Waals surface area contributed by atoms with Gasteiger partial charge in [0, 0.05) is 24.7 Å². The maximum absolute atomic E-state index is 12.4. The first kappa shape index (κ1) is 16.3. The van der Waals surface area contributed by atoms with Crippen molar-refractivity contribution < 1.29 is 9.21 Å². The van der Waals surface area contributed by atoms with E-state index in [1.54, 1.807) is 0 Å². The molecule has 2 heterocycles. The molecule has 122 valence electrons. The first-order chi connectivity index (χ1) is 11.1. The third-order valence-corrected chi connectivity index (χ3v) is 4.57. The zero-order valence-corrected chi connectivity index (χ0v) is 14.8. The van der Waals surface area contributed by atoms with E-state index in [0.717, 1.165) is 38.0 Å². The number of nitrogens with zero attached hydrogens (tertiary/aromatic N) is 1. The molecule has 1 aromatic heterocycles. The van der Waals surface area contributed by atoms with E-state index in [1.807, 2.05) is 19.1 Å². The summed E-state index contributed by atoms with van der Waals surface area (Å²) < 4.78 is 6.02. The van der Waals surface area contributed by atoms with Crippen LogP contribution in [0.5, 0.6) is 0 Å². The molecule has 0 bridgehead atoms. The van der Waals surface area contributed by atoms with Crippen molar-refractivity contribution in [3.05, 3.63) is 58.0 Å². The van der Waals surface area contributed by atoms with Crippen molar-refractivity contribution in [1.82, 2.24) is 10.2 Å². The fourth-order valence-corrected chi connectivity index (χ4v) is 3.58. The van der Waals surface area contributed by atoms with Gasteiger partial charge in [0.2, 0.25) is 0 Å². The summed E-state index contributed by atoms with van der Waals surface area (Å²) in [6.07, 6.45) is 2.11. The summed E-state index contributed by atoms with van der Waals surface area (Å²) in [5.74, 6) is 0.275. The van der Waals surface area contributed by atoms with Gasteiger partial charge in [0.25, 0.3) is 5.91 Å². The number of benzene rings is 1. The Morgan fingerprint density at radius 3 is 2.87 bits per heavy atom. The van der Waals surface area contributed by atoms with Crippen molar-refractivity contribution in [2.24, 2.45) is 0 Å². The summed E-state index contributed by atoms with van der Waals surface area (Å²) in [5.41, 5.74) is 2.16. The van der Waals surface area contributed by atoms with Crippen LogP contribution in [0.3, 0.4) is 0 Å². The van der Waals surface area contributed by atoms with Crippen molar-refractivity contribution in [3.8, 4) is 0 Å². The number of piperidine rings is 1. The second kappa shape index (κ2) is 7.32. The monoisotopic (exact) mass is 376 g/mol. The molecule has 1 fully saturated rings. The maximum atomic E-state index is 12.4. The quantitative estimate of drug-likeness (QED) is 0.883. The number of halogens is 1. The minimum atomic E-state index is -0.125. The van der Waals surface area contributed by atoms with Gasteiger partial charge in [-0.1, -0.05) is 30.3 Å². The molecule has 1 N–H and O–H groups in total. The van der Waals surface area contributed by atoms with Crippen molar-refractivity contribution in [3.63, 3.8) is 0 Å². The van der Waals surface area contributed by atoms with E-state index in [0.29, 0.717) is 10.4 Å². The largest absolute Gasteiger partial charge is 0.444 e. The van der Waals surface area contributed by atoms with Gasteiger partial charge in [0.1, 0.15) is 0 Å². The van der Waals surface area contributed by atoms with Crippen molar-refractivity contribution >= 4 is 21.8 Å². The predicted molar refractivity (Wildman–Crippen MR) is 93.4 cm³/mol. The molecule has 23 heavy (non-hydrogen) atoms. The van der Waals surface area contributed by atoms with E-state index >= 15 is 0 Å². The normalized spacial score (nSPS) is 18.8. The summed E-state index contributed by atoms with van der Waals surface area (Å²) in [6.45, 7) is 4.76. The van der Waals surface area contributed by atoms with Gasteiger partial charge in [-0.05, 0) is 53.9 Å². The van der Waals surface area contributed by atoms with Gasteiger partial charge in [-0.2, -0.15) is 0 Å². The molecule has 0 radical (unpaired) electrons. The standard InChI is InChI=1S/C18H21BrN2O2/c1-13-10-16(19)23-17(13)18(22)20-15-8-5-9-21(12-15)11-14-6-3-2-4-7-14/h2-4,6-7,10,15H,5,8-9,11-12H2,1H3,(H,20,22). The zero-order valence-electron chi connectivity index (χ0n) is 13.2. The van der Waals surface area contributed by atoms with E-state index < -0.39 is 0 Å². The van der Waals surface area contributed by atoms with E-state index in [9.17, 15) is 4.79 Å². The van der Waals surface area contributed by atoms with Gasteiger partial charge in [-0.25, -0.2) is 0 Å². The Hall–Kier alpha value is -1.59. The molecule has 1 aromatic carbocycles. The maximum Gasteiger partial charge on any atom is 0.287 e. The molecule has 5 heteroatoms. The topological polar surface area (TPSA) is 45.5 Å². The third kappa shape index (κ3) is 4.24. The van der Waals surface area contributed by atoms with Gasteiger partial charge >= 0.3 is 0 Å². The number of carbonyl (C=O) groups excluding carboxylic acids is 1. The van der Waals surface area contributed by atoms with Crippen LogP contribution in [0.15, 0.2) is 45.5 Å². The SMILES string of the molecule is Cc1cc(Br)oc1C(=O)NC1CCCN(Cc2ccccc2)C1. The van der Waals surface area contributed by atoms with Gasteiger partial charge in [0.05, 0.1) is 0 Å². The van der Waals surface area contributed by atoms with Gasteiger partial charge < -0.3 is 9.73 Å². The van der Waals surface area contributed by atoms with Crippen LogP contribution in [0.4, 0.5) is 0 Å². The fourth-order valence-electron chi connectivity index (χ4n) is 3.08. The number of hydrogen-bond donors (Lipinski definition) is 1. The zero-order chi connectivity index (χ0) is 16.2. The van der Waals surface area contributed by atoms with Crippen molar-refractivity contribution in [1.29, 1.82) is 0 Å². The highest BCUT2D eigenvalue weighted by Crippen LogP contribution is 2.20. The summed E-state index contributed by atoms with van der Waals surface area (Å²) in [7, 11) is 0. The Balaban J connectivity index is 1.58. The van der Waals surface area contributed by atoms with Gasteiger partial charge in [0.15, 0.2) is 10.4 Å². The molecule has 1 atom stereocenters. The predicted octanol–water partition coefficient (Wildman–Crippen LogP) is 3.74. The first-order valence-corrected chi connectivity index (χ1v) is 8.74. The summed E-state index contributed by atoms with van der Waals surface area (Å²) >= 11 is 3.27. The molecular weight excluding hydrogens is 356 g/mol. The molecule has 1 amide bonds. The molecule has 0 saturated carbocycles. The third-order valence-electron chi connectivity index (χ3n) is 4.18. The Morgan fingerprint density at radius 2 is 2.17 bits per heavy atom. The molecule has 2 aromatic rings. The van der Waals surface area contributed by atoms with Crippen molar-refractivity contribution in [2.45, 2.75) is 32.4 Å². The van der Waals surface area contributed by atoms with Crippen LogP contribution in [0, 0.1) is 6.92 Å². The average molecular weight is 377 g/mol. The fraction of sp³-hybridized carbons (Fsp3) is 0.389. The highest BCUT2D eigenvalue weighted by Gasteiger charge is 2.24. The van der Waals surface area contributed by atoms with Crippen molar-refractivity contribution in [2.75, 3.05) is 13.1 Å². The second-order valence-electron chi connectivity index (χ2n) is 6.10. The Morgan fingerprint density at radius 1 is 1.39 bits per heavy atom. The molecule has 4 nitrogen and oxygen atoms in total. The summed E-state index contributed by atoms with van der Waals surface area (Å²) in [6, 6.07) is 12.4. The van der Waals surface area contributed by atoms with Crippen LogP contribution >= 0.6 is 15.9 Å². The first-order valence-electron chi connectivity index (χ1n) is 7.95.